The number of anilines is 1. The van der Waals surface area contributed by atoms with Gasteiger partial charge in [0.2, 0.25) is 0 Å². The zero-order valence-corrected chi connectivity index (χ0v) is 18.9. The van der Waals surface area contributed by atoms with Gasteiger partial charge >= 0.3 is 0 Å². The van der Waals surface area contributed by atoms with E-state index in [1.807, 2.05) is 87.0 Å². The Kier molecular flexibility index (Phi) is 5.49. The van der Waals surface area contributed by atoms with Gasteiger partial charge in [-0.15, -0.1) is 0 Å². The lowest BCUT2D eigenvalue weighted by Crippen LogP contribution is -2.35. The van der Waals surface area contributed by atoms with Gasteiger partial charge in [0.05, 0.1) is 0 Å². The topological polar surface area (TPSA) is 39.3 Å². The van der Waals surface area contributed by atoms with E-state index in [1.165, 1.54) is 0 Å². The van der Waals surface area contributed by atoms with E-state index < -0.39 is 5.60 Å². The number of nitrogens with one attached hydrogen (secondary N) is 1. The van der Waals surface area contributed by atoms with Crippen molar-refractivity contribution in [3.05, 3.63) is 138 Å². The van der Waals surface area contributed by atoms with Crippen LogP contribution in [0.3, 0.4) is 0 Å². The molecule has 0 radical (unpaired) electrons. The third-order valence-electron chi connectivity index (χ3n) is 6.52. The lowest BCUT2D eigenvalue weighted by atomic mass is 9.70. The molecule has 3 heteroatoms. The molecule has 5 rings (SSSR count). The fourth-order valence-electron chi connectivity index (χ4n) is 4.83. The van der Waals surface area contributed by atoms with Crippen LogP contribution < -0.4 is 4.90 Å². The average Bonchev–Trinajstić information content (AvgIpc) is 3.29. The normalized spacial score (nSPS) is 12.6. The Hall–Kier alpha value is -3.82. The summed E-state index contributed by atoms with van der Waals surface area (Å²) < 4.78 is 0. The molecule has 1 unspecified atom stereocenters. The van der Waals surface area contributed by atoms with E-state index in [4.69, 9.17) is 0 Å². The second kappa shape index (κ2) is 8.61. The van der Waals surface area contributed by atoms with Crippen LogP contribution in [0.4, 0.5) is 5.69 Å². The van der Waals surface area contributed by atoms with Crippen LogP contribution in [-0.4, -0.2) is 24.2 Å². The van der Waals surface area contributed by atoms with E-state index in [0.29, 0.717) is 0 Å². The molecule has 0 spiro atoms. The monoisotopic (exact) mass is 432 g/mol. The third kappa shape index (κ3) is 3.71. The molecule has 2 N–H and O–H groups in total. The number of H-pyrrole nitrogens is 1. The van der Waals surface area contributed by atoms with Crippen LogP contribution in [-0.2, 0) is 5.60 Å². The number of aromatic amines is 1. The molecular formula is C30H28N2O. The maximum atomic E-state index is 12.8. The number of aromatic nitrogens is 1. The van der Waals surface area contributed by atoms with Crippen molar-refractivity contribution < 1.29 is 5.11 Å². The molecule has 3 nitrogen and oxygen atoms in total. The molecule has 0 aliphatic rings. The Bertz CT molecular complexity index is 1300. The highest BCUT2D eigenvalue weighted by Gasteiger charge is 2.43. The SMILES string of the molecule is CN(C)c1ccc(C(c2c[nH]c3ccccc23)C(O)(c2ccccc2)c2ccccc2)cc1. The van der Waals surface area contributed by atoms with Gasteiger partial charge in [-0.1, -0.05) is 91.0 Å². The van der Waals surface area contributed by atoms with Crippen LogP contribution in [0.1, 0.15) is 28.2 Å². The maximum Gasteiger partial charge on any atom is 0.126 e. The highest BCUT2D eigenvalue weighted by molar-refractivity contribution is 5.84. The quantitative estimate of drug-likeness (QED) is 0.330. The van der Waals surface area contributed by atoms with Gasteiger partial charge in [-0.05, 0) is 40.5 Å². The highest BCUT2D eigenvalue weighted by atomic mass is 16.3. The van der Waals surface area contributed by atoms with Crippen LogP contribution in [0.2, 0.25) is 0 Å². The number of para-hydroxylation sites is 1. The van der Waals surface area contributed by atoms with Crippen molar-refractivity contribution >= 4 is 16.6 Å². The lowest BCUT2D eigenvalue weighted by molar-refractivity contribution is 0.0629. The van der Waals surface area contributed by atoms with Crippen molar-refractivity contribution in [1.29, 1.82) is 0 Å². The van der Waals surface area contributed by atoms with E-state index in [-0.39, 0.29) is 5.92 Å². The molecule has 164 valence electrons. The summed E-state index contributed by atoms with van der Waals surface area (Å²) in [6.07, 6.45) is 2.05. The van der Waals surface area contributed by atoms with E-state index in [1.54, 1.807) is 0 Å². The molecule has 0 bridgehead atoms. The Morgan fingerprint density at radius 3 is 1.82 bits per heavy atom. The Morgan fingerprint density at radius 1 is 0.697 bits per heavy atom. The molecule has 0 saturated heterocycles. The molecule has 1 aromatic heterocycles. The van der Waals surface area contributed by atoms with Crippen LogP contribution in [0, 0.1) is 0 Å². The summed E-state index contributed by atoms with van der Waals surface area (Å²) in [4.78, 5) is 5.51. The Labute approximate surface area is 195 Å². The van der Waals surface area contributed by atoms with Crippen molar-refractivity contribution in [2.75, 3.05) is 19.0 Å². The number of rotatable bonds is 6. The first-order valence-corrected chi connectivity index (χ1v) is 11.3. The molecule has 4 aromatic carbocycles. The van der Waals surface area contributed by atoms with Gasteiger partial charge in [0.1, 0.15) is 5.60 Å². The smallest absolute Gasteiger partial charge is 0.126 e. The minimum absolute atomic E-state index is 0.324. The molecule has 0 saturated carbocycles. The van der Waals surface area contributed by atoms with E-state index in [9.17, 15) is 5.11 Å². The summed E-state index contributed by atoms with van der Waals surface area (Å²) in [7, 11) is 4.08. The average molecular weight is 433 g/mol. The molecule has 0 aliphatic heterocycles. The largest absolute Gasteiger partial charge is 0.379 e. The van der Waals surface area contributed by atoms with Crippen molar-refractivity contribution in [3.8, 4) is 0 Å². The third-order valence-corrected chi connectivity index (χ3v) is 6.52. The van der Waals surface area contributed by atoms with Crippen LogP contribution in [0.15, 0.2) is 115 Å². The van der Waals surface area contributed by atoms with E-state index in [0.717, 1.165) is 38.8 Å². The van der Waals surface area contributed by atoms with Gasteiger partial charge in [-0.3, -0.25) is 0 Å². The number of nitrogens with zero attached hydrogens (tertiary/aromatic N) is 1. The summed E-state index contributed by atoms with van der Waals surface area (Å²) >= 11 is 0. The maximum absolute atomic E-state index is 12.8. The number of aliphatic hydroxyl groups is 1. The molecule has 0 aliphatic carbocycles. The second-order valence-electron chi connectivity index (χ2n) is 8.71. The van der Waals surface area contributed by atoms with Gasteiger partial charge in [0.25, 0.3) is 0 Å². The zero-order valence-electron chi connectivity index (χ0n) is 18.9. The van der Waals surface area contributed by atoms with Crippen molar-refractivity contribution in [1.82, 2.24) is 4.98 Å². The van der Waals surface area contributed by atoms with E-state index in [2.05, 4.69) is 52.3 Å². The lowest BCUT2D eigenvalue weighted by Gasteiger charge is -2.38. The van der Waals surface area contributed by atoms with Crippen LogP contribution in [0.5, 0.6) is 0 Å². The zero-order chi connectivity index (χ0) is 22.8. The first-order valence-electron chi connectivity index (χ1n) is 11.3. The van der Waals surface area contributed by atoms with Crippen molar-refractivity contribution in [3.63, 3.8) is 0 Å². The fourth-order valence-corrected chi connectivity index (χ4v) is 4.83. The number of fused-ring (bicyclic) bond motifs is 1. The second-order valence-corrected chi connectivity index (χ2v) is 8.71. The first kappa shape index (κ1) is 21.0. The minimum Gasteiger partial charge on any atom is -0.379 e. The summed E-state index contributed by atoms with van der Waals surface area (Å²) in [5, 5.41) is 13.9. The number of hydrogen-bond acceptors (Lipinski definition) is 2. The van der Waals surface area contributed by atoms with Crippen molar-refractivity contribution in [2.24, 2.45) is 0 Å². The highest BCUT2D eigenvalue weighted by Crippen LogP contribution is 2.48. The Balaban J connectivity index is 1.81. The predicted octanol–water partition coefficient (Wildman–Crippen LogP) is 6.30. The predicted molar refractivity (Wildman–Crippen MR) is 137 cm³/mol. The summed E-state index contributed by atoms with van der Waals surface area (Å²) in [5.74, 6) is -0.324. The molecule has 1 heterocycles. The molecule has 5 aromatic rings. The molecule has 33 heavy (non-hydrogen) atoms. The van der Waals surface area contributed by atoms with E-state index >= 15 is 0 Å². The van der Waals surface area contributed by atoms with Gasteiger partial charge in [0, 0.05) is 42.8 Å². The number of benzene rings is 4. The van der Waals surface area contributed by atoms with Gasteiger partial charge < -0.3 is 15.0 Å². The molecule has 1 atom stereocenters. The summed E-state index contributed by atoms with van der Waals surface area (Å²) in [6, 6.07) is 36.8. The minimum atomic E-state index is -1.27. The molecular weight excluding hydrogens is 404 g/mol. The number of hydrogen-bond donors (Lipinski definition) is 2. The van der Waals surface area contributed by atoms with Gasteiger partial charge in [-0.25, -0.2) is 0 Å². The van der Waals surface area contributed by atoms with Crippen LogP contribution in [0.25, 0.3) is 10.9 Å². The fraction of sp³-hybridized carbons (Fsp3) is 0.133. The molecule has 0 amide bonds. The molecule has 0 fully saturated rings. The first-order chi connectivity index (χ1) is 16.1. The van der Waals surface area contributed by atoms with Gasteiger partial charge in [-0.2, -0.15) is 0 Å². The van der Waals surface area contributed by atoms with Gasteiger partial charge in [0.15, 0.2) is 0 Å². The van der Waals surface area contributed by atoms with Crippen LogP contribution >= 0.6 is 0 Å². The summed E-state index contributed by atoms with van der Waals surface area (Å²) in [5.41, 5.74) is 4.77. The summed E-state index contributed by atoms with van der Waals surface area (Å²) in [6.45, 7) is 0. The Morgan fingerprint density at radius 2 is 1.24 bits per heavy atom. The van der Waals surface area contributed by atoms with Crippen molar-refractivity contribution in [2.45, 2.75) is 11.5 Å². The standard InChI is InChI=1S/C30H28N2O/c1-32(2)25-19-17-22(18-20-25)29(27-21-31-28-16-10-9-15-26(27)28)30(33,23-11-5-3-6-12-23)24-13-7-4-8-14-24/h3-21,29,31,33H,1-2H3.